The molecule has 0 saturated carbocycles. The minimum Gasteiger partial charge on any atom is -0.378 e. The highest BCUT2D eigenvalue weighted by atomic mass is 35.5. The van der Waals surface area contributed by atoms with E-state index in [1.165, 1.54) is 0 Å². The van der Waals surface area contributed by atoms with Crippen molar-refractivity contribution in [2.75, 3.05) is 24.3 Å². The third-order valence-corrected chi connectivity index (χ3v) is 3.58. The Labute approximate surface area is 128 Å². The molecule has 2 heterocycles. The average molecular weight is 301 g/mol. The molecule has 0 atom stereocenters. The maximum absolute atomic E-state index is 12.1. The lowest BCUT2D eigenvalue weighted by atomic mass is 10.1. The van der Waals surface area contributed by atoms with Crippen molar-refractivity contribution in [2.45, 2.75) is 0 Å². The Kier molecular flexibility index (Phi) is 3.39. The Morgan fingerprint density at radius 2 is 1.86 bits per heavy atom. The highest BCUT2D eigenvalue weighted by Gasteiger charge is 2.32. The number of rotatable bonds is 2. The van der Waals surface area contributed by atoms with Crippen LogP contribution in [0.2, 0.25) is 5.02 Å². The zero-order valence-electron chi connectivity index (χ0n) is 11.8. The molecule has 1 aliphatic heterocycles. The van der Waals surface area contributed by atoms with Crippen molar-refractivity contribution < 1.29 is 9.36 Å². The molecule has 0 radical (unpaired) electrons. The summed E-state index contributed by atoms with van der Waals surface area (Å²) in [6.07, 6.45) is 3.58. The summed E-state index contributed by atoms with van der Waals surface area (Å²) in [4.78, 5) is 14.1. The lowest BCUT2D eigenvalue weighted by Gasteiger charge is -2.11. The average Bonchev–Trinajstić information content (AvgIpc) is 2.76. The summed E-state index contributed by atoms with van der Waals surface area (Å²) < 4.78 is 1.77. The van der Waals surface area contributed by atoms with Crippen molar-refractivity contribution in [1.29, 1.82) is 0 Å². The number of hydrogen-bond donors (Lipinski definition) is 1. The summed E-state index contributed by atoms with van der Waals surface area (Å²) in [6.45, 7) is 0. The van der Waals surface area contributed by atoms with E-state index in [4.69, 9.17) is 11.6 Å². The summed E-state index contributed by atoms with van der Waals surface area (Å²) >= 11 is 6.00. The maximum Gasteiger partial charge on any atom is 0.379 e. The van der Waals surface area contributed by atoms with Gasteiger partial charge in [-0.05, 0) is 23.8 Å². The van der Waals surface area contributed by atoms with E-state index in [1.54, 1.807) is 22.9 Å². The number of carbonyl (C=O) groups is 1. The molecule has 3 rings (SSSR count). The molecule has 0 bridgehead atoms. The van der Waals surface area contributed by atoms with E-state index < -0.39 is 0 Å². The van der Waals surface area contributed by atoms with E-state index in [2.05, 4.69) is 5.32 Å². The molecule has 0 spiro atoms. The molecule has 4 nitrogen and oxygen atoms in total. The van der Waals surface area contributed by atoms with Gasteiger partial charge < -0.3 is 4.90 Å². The molecule has 5 heteroatoms. The molecule has 1 aliphatic rings. The maximum atomic E-state index is 12.1. The van der Waals surface area contributed by atoms with Crippen LogP contribution in [0.4, 0.5) is 11.5 Å². The van der Waals surface area contributed by atoms with E-state index >= 15 is 0 Å². The van der Waals surface area contributed by atoms with Crippen molar-refractivity contribution in [3.8, 4) is 0 Å². The third-order valence-electron chi connectivity index (χ3n) is 3.36. The van der Waals surface area contributed by atoms with Crippen LogP contribution in [0.25, 0.3) is 11.8 Å². The molecule has 0 saturated heterocycles. The van der Waals surface area contributed by atoms with Gasteiger partial charge in [0, 0.05) is 31.9 Å². The lowest BCUT2D eigenvalue weighted by Crippen LogP contribution is -2.29. The molecule has 1 aromatic carbocycles. The first-order chi connectivity index (χ1) is 10.0. The molecular weight excluding hydrogens is 286 g/mol. The highest BCUT2D eigenvalue weighted by Crippen LogP contribution is 2.20. The lowest BCUT2D eigenvalue weighted by molar-refractivity contribution is -0.555. The summed E-state index contributed by atoms with van der Waals surface area (Å²) in [6, 6.07) is 11.5. The van der Waals surface area contributed by atoms with Gasteiger partial charge in [-0.1, -0.05) is 23.7 Å². The van der Waals surface area contributed by atoms with Crippen molar-refractivity contribution in [2.24, 2.45) is 0 Å². The van der Waals surface area contributed by atoms with Gasteiger partial charge in [0.15, 0.2) is 0 Å². The fourth-order valence-electron chi connectivity index (χ4n) is 2.23. The minimum absolute atomic E-state index is 0.131. The van der Waals surface area contributed by atoms with Gasteiger partial charge >= 0.3 is 5.91 Å². The van der Waals surface area contributed by atoms with Crippen LogP contribution in [0, 0.1) is 0 Å². The minimum atomic E-state index is -0.131. The number of hydrogen-bond acceptors (Lipinski definition) is 2. The second-order valence-electron chi connectivity index (χ2n) is 5.07. The van der Waals surface area contributed by atoms with Crippen molar-refractivity contribution in [1.82, 2.24) is 0 Å². The molecule has 2 aromatic rings. The fraction of sp³-hybridized carbons (Fsp3) is 0.125. The van der Waals surface area contributed by atoms with Crippen molar-refractivity contribution in [3.05, 3.63) is 53.2 Å². The first kappa shape index (κ1) is 13.6. The summed E-state index contributed by atoms with van der Waals surface area (Å²) in [5, 5.41) is 3.40. The Bertz CT molecular complexity index is 736. The molecule has 1 N–H and O–H groups in total. The van der Waals surface area contributed by atoms with E-state index in [0.29, 0.717) is 10.7 Å². The molecule has 106 valence electrons. The number of nitrogens with one attached hydrogen (secondary N) is 1. The molecular formula is C16H15ClN3O+. The molecule has 0 unspecified atom stereocenters. The SMILES string of the molecule is CN(C)c1ccc(/C=C2\C(=O)Nc3ccc(Cl)c[n+]32)cc1. The Hall–Kier alpha value is -2.33. The number of anilines is 2. The quantitative estimate of drug-likeness (QED) is 0.684. The molecule has 1 aromatic heterocycles. The highest BCUT2D eigenvalue weighted by molar-refractivity contribution is 6.30. The van der Waals surface area contributed by atoms with Gasteiger partial charge in [0.05, 0.1) is 5.02 Å². The van der Waals surface area contributed by atoms with E-state index in [0.717, 1.165) is 17.1 Å². The van der Waals surface area contributed by atoms with Crippen LogP contribution in [-0.2, 0) is 4.79 Å². The smallest absolute Gasteiger partial charge is 0.378 e. The third kappa shape index (κ3) is 2.62. The molecule has 21 heavy (non-hydrogen) atoms. The number of benzene rings is 1. The zero-order chi connectivity index (χ0) is 15.0. The Morgan fingerprint density at radius 3 is 2.52 bits per heavy atom. The summed E-state index contributed by atoms with van der Waals surface area (Å²) in [7, 11) is 3.98. The van der Waals surface area contributed by atoms with Crippen LogP contribution in [0.15, 0.2) is 42.6 Å². The van der Waals surface area contributed by atoms with Crippen LogP contribution in [-0.4, -0.2) is 20.0 Å². The normalized spacial score (nSPS) is 15.0. The second kappa shape index (κ2) is 5.22. The summed E-state index contributed by atoms with van der Waals surface area (Å²) in [5.74, 6) is 0.592. The van der Waals surface area contributed by atoms with E-state index in [9.17, 15) is 4.79 Å². The zero-order valence-corrected chi connectivity index (χ0v) is 12.6. The van der Waals surface area contributed by atoms with Crippen molar-refractivity contribution in [3.63, 3.8) is 0 Å². The fourth-order valence-corrected chi connectivity index (χ4v) is 2.39. The number of carbonyl (C=O) groups excluding carboxylic acids is 1. The number of pyridine rings is 1. The number of aromatic nitrogens is 1. The van der Waals surface area contributed by atoms with Gasteiger partial charge in [-0.3, -0.25) is 0 Å². The van der Waals surface area contributed by atoms with E-state index in [1.807, 2.05) is 49.3 Å². The predicted octanol–water partition coefficient (Wildman–Crippen LogP) is 2.64. The second-order valence-corrected chi connectivity index (χ2v) is 5.51. The molecule has 0 fully saturated rings. The number of halogens is 1. The van der Waals surface area contributed by atoms with Gasteiger partial charge in [0.2, 0.25) is 5.70 Å². The van der Waals surface area contributed by atoms with Crippen molar-refractivity contribution >= 4 is 40.8 Å². The Balaban J connectivity index is 2.00. The largest absolute Gasteiger partial charge is 0.379 e. The van der Waals surface area contributed by atoms with Gasteiger partial charge in [-0.25, -0.2) is 10.1 Å². The van der Waals surface area contributed by atoms with Crippen LogP contribution in [0.3, 0.4) is 0 Å². The van der Waals surface area contributed by atoms with Crippen LogP contribution in [0.5, 0.6) is 0 Å². The van der Waals surface area contributed by atoms with Crippen LogP contribution < -0.4 is 14.8 Å². The van der Waals surface area contributed by atoms with E-state index in [-0.39, 0.29) is 5.91 Å². The van der Waals surface area contributed by atoms with Crippen LogP contribution in [0.1, 0.15) is 5.56 Å². The topological polar surface area (TPSA) is 36.2 Å². The van der Waals surface area contributed by atoms with Gasteiger partial charge in [-0.15, -0.1) is 0 Å². The molecule has 1 amide bonds. The number of fused-ring (bicyclic) bond motifs is 1. The number of nitrogens with zero attached hydrogens (tertiary/aromatic N) is 2. The van der Waals surface area contributed by atoms with Gasteiger partial charge in [0.25, 0.3) is 5.82 Å². The first-order valence-corrected chi connectivity index (χ1v) is 6.94. The monoisotopic (exact) mass is 300 g/mol. The first-order valence-electron chi connectivity index (χ1n) is 6.56. The Morgan fingerprint density at radius 1 is 1.14 bits per heavy atom. The van der Waals surface area contributed by atoms with Gasteiger partial charge in [0.1, 0.15) is 6.20 Å². The summed E-state index contributed by atoms with van der Waals surface area (Å²) in [5.41, 5.74) is 2.64. The predicted molar refractivity (Wildman–Crippen MR) is 85.2 cm³/mol. The van der Waals surface area contributed by atoms with Crippen LogP contribution >= 0.6 is 11.6 Å². The molecule has 0 aliphatic carbocycles. The number of amides is 1. The van der Waals surface area contributed by atoms with Gasteiger partial charge in [-0.2, -0.15) is 4.57 Å². The standard InChI is InChI=1S/C16H14ClN3O/c1-19(2)13-6-3-11(4-7-13)9-14-16(21)18-15-8-5-12(17)10-20(14)15/h3-10H,1-2H3/p+1/b14-9+.